The van der Waals surface area contributed by atoms with Crippen molar-refractivity contribution >= 4 is 51.4 Å². The standard InChI is InChI=1S/C6H6O3.K/c7-4-1-5(8)3-6(9)2-4;/h1-3,7-9H;. The quantitative estimate of drug-likeness (QED) is 0.488. The monoisotopic (exact) mass is 165 g/mol. The molecule has 1 radical (unpaired) electrons. The second-order valence-electron chi connectivity index (χ2n) is 1.71. The zero-order chi connectivity index (χ0) is 6.85. The Hall–Kier alpha value is 0.256. The predicted molar refractivity (Wildman–Crippen MR) is 37.2 cm³/mol. The third-order valence-electron chi connectivity index (χ3n) is 0.887. The number of aromatic hydroxyl groups is 3. The molecule has 0 atom stereocenters. The largest absolute Gasteiger partial charge is 0.508 e. The minimum absolute atomic E-state index is 0. The molecule has 3 N–H and O–H groups in total. The Morgan fingerprint density at radius 1 is 0.700 bits per heavy atom. The summed E-state index contributed by atoms with van der Waals surface area (Å²) in [4.78, 5) is 0. The number of hydrogen-bond donors (Lipinski definition) is 3. The molecular formula is C6H6KO3. The van der Waals surface area contributed by atoms with E-state index in [1.807, 2.05) is 0 Å². The van der Waals surface area contributed by atoms with Crippen LogP contribution in [-0.4, -0.2) is 66.7 Å². The van der Waals surface area contributed by atoms with Crippen molar-refractivity contribution in [1.29, 1.82) is 0 Å². The van der Waals surface area contributed by atoms with Crippen molar-refractivity contribution in [2.45, 2.75) is 0 Å². The van der Waals surface area contributed by atoms with Crippen molar-refractivity contribution < 1.29 is 15.3 Å². The summed E-state index contributed by atoms with van der Waals surface area (Å²) in [6, 6.07) is 3.42. The molecule has 0 spiro atoms. The molecule has 1 aromatic carbocycles. The second-order valence-corrected chi connectivity index (χ2v) is 1.71. The third-order valence-corrected chi connectivity index (χ3v) is 0.887. The van der Waals surface area contributed by atoms with Crippen LogP contribution in [0.25, 0.3) is 0 Å². The normalized spacial score (nSPS) is 8.40. The topological polar surface area (TPSA) is 60.7 Å². The Morgan fingerprint density at radius 3 is 1.10 bits per heavy atom. The van der Waals surface area contributed by atoms with E-state index in [4.69, 9.17) is 15.3 Å². The molecule has 1 aromatic rings. The summed E-state index contributed by atoms with van der Waals surface area (Å²) < 4.78 is 0. The van der Waals surface area contributed by atoms with Crippen LogP contribution in [0.5, 0.6) is 17.2 Å². The van der Waals surface area contributed by atoms with Crippen LogP contribution in [-0.2, 0) is 0 Å². The average Bonchev–Trinajstić information content (AvgIpc) is 1.59. The van der Waals surface area contributed by atoms with Crippen LogP contribution in [0.3, 0.4) is 0 Å². The van der Waals surface area contributed by atoms with E-state index in [2.05, 4.69) is 0 Å². The van der Waals surface area contributed by atoms with Crippen molar-refractivity contribution in [1.82, 2.24) is 0 Å². The minimum Gasteiger partial charge on any atom is -0.508 e. The van der Waals surface area contributed by atoms with Gasteiger partial charge in [0.15, 0.2) is 0 Å². The first-order valence-electron chi connectivity index (χ1n) is 2.40. The van der Waals surface area contributed by atoms with E-state index >= 15 is 0 Å². The molecule has 1 rings (SSSR count). The molecule has 0 unspecified atom stereocenters. The van der Waals surface area contributed by atoms with E-state index in [1.165, 1.54) is 0 Å². The van der Waals surface area contributed by atoms with Crippen LogP contribution < -0.4 is 0 Å². The van der Waals surface area contributed by atoms with Gasteiger partial charge in [0.05, 0.1) is 0 Å². The fourth-order valence-electron chi connectivity index (χ4n) is 0.580. The fourth-order valence-corrected chi connectivity index (χ4v) is 0.580. The van der Waals surface area contributed by atoms with Crippen molar-refractivity contribution in [2.75, 3.05) is 0 Å². The Labute approximate surface area is 101 Å². The number of hydrogen-bond acceptors (Lipinski definition) is 3. The smallest absolute Gasteiger partial charge is 0.122 e. The van der Waals surface area contributed by atoms with Gasteiger partial charge in [0, 0.05) is 69.6 Å². The van der Waals surface area contributed by atoms with Gasteiger partial charge in [-0.3, -0.25) is 0 Å². The van der Waals surface area contributed by atoms with Crippen LogP contribution in [0.15, 0.2) is 18.2 Å². The molecule has 0 saturated heterocycles. The van der Waals surface area contributed by atoms with Crippen molar-refractivity contribution in [3.63, 3.8) is 0 Å². The molecule has 0 heterocycles. The molecule has 0 aromatic heterocycles. The Kier molecular flexibility index (Phi) is 4.31. The molecule has 49 valence electrons. The summed E-state index contributed by atoms with van der Waals surface area (Å²) in [5, 5.41) is 26.0. The maximum atomic E-state index is 8.67. The minimum atomic E-state index is -0.146. The van der Waals surface area contributed by atoms with Gasteiger partial charge in [-0.1, -0.05) is 0 Å². The zero-order valence-corrected chi connectivity index (χ0v) is 8.70. The molecule has 10 heavy (non-hydrogen) atoms. The van der Waals surface area contributed by atoms with Crippen molar-refractivity contribution in [2.24, 2.45) is 0 Å². The van der Waals surface area contributed by atoms with Crippen LogP contribution in [0.4, 0.5) is 0 Å². The van der Waals surface area contributed by atoms with Gasteiger partial charge in [0.1, 0.15) is 17.2 Å². The Morgan fingerprint density at radius 2 is 0.900 bits per heavy atom. The van der Waals surface area contributed by atoms with Gasteiger partial charge < -0.3 is 15.3 Å². The predicted octanol–water partition coefficient (Wildman–Crippen LogP) is 0.423. The molecule has 0 aliphatic heterocycles. The van der Waals surface area contributed by atoms with Gasteiger partial charge in [-0.15, -0.1) is 0 Å². The summed E-state index contributed by atoms with van der Waals surface area (Å²) in [7, 11) is 0. The van der Waals surface area contributed by atoms with Crippen LogP contribution >= 0.6 is 0 Å². The van der Waals surface area contributed by atoms with E-state index in [0.717, 1.165) is 18.2 Å². The van der Waals surface area contributed by atoms with Crippen molar-refractivity contribution in [3.05, 3.63) is 18.2 Å². The van der Waals surface area contributed by atoms with E-state index in [-0.39, 0.29) is 68.6 Å². The van der Waals surface area contributed by atoms with E-state index < -0.39 is 0 Å². The fraction of sp³-hybridized carbons (Fsp3) is 0. The van der Waals surface area contributed by atoms with Crippen LogP contribution in [0.1, 0.15) is 0 Å². The summed E-state index contributed by atoms with van der Waals surface area (Å²) in [5.74, 6) is -0.437. The third kappa shape index (κ3) is 2.89. The summed E-state index contributed by atoms with van der Waals surface area (Å²) >= 11 is 0. The first-order chi connectivity index (χ1) is 4.18. The molecule has 3 nitrogen and oxygen atoms in total. The molecule has 0 aliphatic carbocycles. The first-order valence-corrected chi connectivity index (χ1v) is 2.40. The molecule has 4 heteroatoms. The SMILES string of the molecule is Oc1cc(O)cc(O)c1.[K]. The van der Waals surface area contributed by atoms with E-state index in [9.17, 15) is 0 Å². The number of rotatable bonds is 0. The number of benzene rings is 1. The molecular weight excluding hydrogens is 159 g/mol. The Balaban J connectivity index is 0.000000810. The second kappa shape index (κ2) is 4.20. The van der Waals surface area contributed by atoms with Crippen LogP contribution in [0.2, 0.25) is 0 Å². The molecule has 0 aliphatic rings. The maximum absolute atomic E-state index is 8.67. The van der Waals surface area contributed by atoms with E-state index in [0.29, 0.717) is 0 Å². The van der Waals surface area contributed by atoms with Gasteiger partial charge in [0.2, 0.25) is 0 Å². The van der Waals surface area contributed by atoms with Crippen LogP contribution in [0, 0.1) is 0 Å². The Bertz CT molecular complexity index is 174. The summed E-state index contributed by atoms with van der Waals surface area (Å²) in [6.07, 6.45) is 0. The first kappa shape index (κ1) is 10.3. The summed E-state index contributed by atoms with van der Waals surface area (Å²) in [5.41, 5.74) is 0. The van der Waals surface area contributed by atoms with Crippen molar-refractivity contribution in [3.8, 4) is 17.2 Å². The summed E-state index contributed by atoms with van der Waals surface area (Å²) in [6.45, 7) is 0. The van der Waals surface area contributed by atoms with Gasteiger partial charge in [-0.25, -0.2) is 0 Å². The number of phenolic OH excluding ortho intramolecular Hbond substituents is 3. The molecule has 0 fully saturated rings. The molecule has 0 bridgehead atoms. The van der Waals surface area contributed by atoms with Gasteiger partial charge >= 0.3 is 0 Å². The average molecular weight is 165 g/mol. The number of phenols is 3. The molecule has 0 amide bonds. The maximum Gasteiger partial charge on any atom is 0.122 e. The molecule has 0 saturated carbocycles. The van der Waals surface area contributed by atoms with Gasteiger partial charge in [-0.05, 0) is 0 Å². The van der Waals surface area contributed by atoms with E-state index in [1.54, 1.807) is 0 Å². The zero-order valence-electron chi connectivity index (χ0n) is 5.57. The van der Waals surface area contributed by atoms with Gasteiger partial charge in [0.25, 0.3) is 0 Å². The van der Waals surface area contributed by atoms with Gasteiger partial charge in [-0.2, -0.15) is 0 Å².